The van der Waals surface area contributed by atoms with E-state index in [4.69, 9.17) is 15.6 Å². The first-order valence-corrected chi connectivity index (χ1v) is 7.34. The molecule has 1 aliphatic heterocycles. The summed E-state index contributed by atoms with van der Waals surface area (Å²) in [5.74, 6) is -2.76. The van der Waals surface area contributed by atoms with Crippen molar-refractivity contribution in [2.24, 2.45) is 5.73 Å². The van der Waals surface area contributed by atoms with Gasteiger partial charge >= 0.3 is 12.1 Å². The Morgan fingerprint density at radius 2 is 1.67 bits per heavy atom. The summed E-state index contributed by atoms with van der Waals surface area (Å²) in [4.78, 5) is 11.3. The van der Waals surface area contributed by atoms with Crippen LogP contribution in [0, 0.1) is 3.57 Å². The molecule has 1 aromatic rings. The number of nitrogens with zero attached hydrogens (tertiary/aromatic N) is 1. The topological polar surface area (TPSA) is 66.6 Å². The minimum absolute atomic E-state index is 0.412. The molecule has 1 saturated heterocycles. The number of hydrogen-bond acceptors (Lipinski definition) is 3. The van der Waals surface area contributed by atoms with Crippen molar-refractivity contribution in [3.05, 3.63) is 27.8 Å². The second-order valence-corrected chi connectivity index (χ2v) is 5.85. The van der Waals surface area contributed by atoms with E-state index in [9.17, 15) is 13.2 Å². The predicted molar refractivity (Wildman–Crippen MR) is 82.3 cm³/mol. The van der Waals surface area contributed by atoms with Crippen LogP contribution in [-0.2, 0) is 4.79 Å². The molecular formula is C13H16F3IN2O2. The molecule has 21 heavy (non-hydrogen) atoms. The van der Waals surface area contributed by atoms with Gasteiger partial charge in [0.15, 0.2) is 0 Å². The first-order valence-electron chi connectivity index (χ1n) is 6.26. The summed E-state index contributed by atoms with van der Waals surface area (Å²) in [5.41, 5.74) is 7.20. The van der Waals surface area contributed by atoms with E-state index in [2.05, 4.69) is 51.8 Å². The van der Waals surface area contributed by atoms with Gasteiger partial charge < -0.3 is 15.7 Å². The number of carboxylic acid groups (broad SMARTS) is 1. The van der Waals surface area contributed by atoms with Crippen LogP contribution in [0.25, 0.3) is 0 Å². The fourth-order valence-electron chi connectivity index (χ4n) is 1.81. The Hall–Kier alpha value is -1.03. The molecule has 118 valence electrons. The van der Waals surface area contributed by atoms with Gasteiger partial charge in [0.25, 0.3) is 0 Å². The summed E-state index contributed by atoms with van der Waals surface area (Å²) in [6, 6.07) is 9.11. The molecule has 1 heterocycles. The van der Waals surface area contributed by atoms with E-state index in [-0.39, 0.29) is 0 Å². The highest BCUT2D eigenvalue weighted by molar-refractivity contribution is 14.1. The molecule has 0 atom stereocenters. The van der Waals surface area contributed by atoms with E-state index >= 15 is 0 Å². The van der Waals surface area contributed by atoms with Crippen LogP contribution in [0.3, 0.4) is 0 Å². The number of piperidine rings is 1. The van der Waals surface area contributed by atoms with Gasteiger partial charge in [-0.2, -0.15) is 13.2 Å². The van der Waals surface area contributed by atoms with Crippen LogP contribution in [0.4, 0.5) is 18.9 Å². The monoisotopic (exact) mass is 416 g/mol. The largest absolute Gasteiger partial charge is 0.490 e. The number of carboxylic acids is 1. The number of benzene rings is 1. The molecule has 0 spiro atoms. The fourth-order valence-corrected chi connectivity index (χ4v) is 2.17. The Morgan fingerprint density at radius 1 is 1.24 bits per heavy atom. The van der Waals surface area contributed by atoms with Gasteiger partial charge in [0, 0.05) is 28.4 Å². The first-order chi connectivity index (χ1) is 9.70. The van der Waals surface area contributed by atoms with Gasteiger partial charge in [-0.15, -0.1) is 0 Å². The summed E-state index contributed by atoms with van der Waals surface area (Å²) in [7, 11) is 0. The second-order valence-electron chi connectivity index (χ2n) is 4.60. The highest BCUT2D eigenvalue weighted by Crippen LogP contribution is 2.20. The molecule has 0 aromatic heterocycles. The van der Waals surface area contributed by atoms with Crippen molar-refractivity contribution in [1.29, 1.82) is 0 Å². The van der Waals surface area contributed by atoms with E-state index in [0.29, 0.717) is 6.04 Å². The Balaban J connectivity index is 0.000000270. The number of nitrogens with two attached hydrogens (primary N) is 1. The van der Waals surface area contributed by atoms with Gasteiger partial charge in [0.05, 0.1) is 0 Å². The molecule has 0 aliphatic carbocycles. The second kappa shape index (κ2) is 7.83. The Bertz CT molecular complexity index is 457. The summed E-state index contributed by atoms with van der Waals surface area (Å²) in [5, 5.41) is 7.12. The predicted octanol–water partition coefficient (Wildman–Crippen LogP) is 2.85. The number of hydrogen-bond donors (Lipinski definition) is 2. The lowest BCUT2D eigenvalue weighted by molar-refractivity contribution is -0.192. The van der Waals surface area contributed by atoms with Gasteiger partial charge in [-0.3, -0.25) is 0 Å². The first kappa shape index (κ1) is 18.0. The average Bonchev–Trinajstić information content (AvgIpc) is 2.40. The standard InChI is InChI=1S/C11H15IN2.C2HF3O2/c12-9-1-3-11(4-2-9)14-7-5-10(13)6-8-14;3-2(4,5)1(6)7/h1-4,10H,5-8,13H2;(H,6,7). The smallest absolute Gasteiger partial charge is 0.475 e. The minimum atomic E-state index is -5.08. The zero-order valence-electron chi connectivity index (χ0n) is 11.1. The molecule has 1 aliphatic rings. The maximum Gasteiger partial charge on any atom is 0.490 e. The number of carbonyl (C=O) groups is 1. The number of aliphatic carboxylic acids is 1. The molecule has 3 N–H and O–H groups in total. The summed E-state index contributed by atoms with van der Waals surface area (Å²) >= 11 is 2.33. The zero-order chi connectivity index (χ0) is 16.0. The molecule has 1 fully saturated rings. The zero-order valence-corrected chi connectivity index (χ0v) is 13.3. The Morgan fingerprint density at radius 3 is 2.05 bits per heavy atom. The van der Waals surface area contributed by atoms with Gasteiger partial charge in [0.1, 0.15) is 0 Å². The molecule has 1 aromatic carbocycles. The third-order valence-electron chi connectivity index (χ3n) is 2.97. The van der Waals surface area contributed by atoms with Gasteiger partial charge in [-0.1, -0.05) is 0 Å². The lowest BCUT2D eigenvalue weighted by Crippen LogP contribution is -2.39. The van der Waals surface area contributed by atoms with E-state index in [1.54, 1.807) is 0 Å². The van der Waals surface area contributed by atoms with Crippen LogP contribution >= 0.6 is 22.6 Å². The van der Waals surface area contributed by atoms with E-state index in [1.165, 1.54) is 9.26 Å². The molecular weight excluding hydrogens is 400 g/mol. The molecule has 8 heteroatoms. The third kappa shape index (κ3) is 6.51. The van der Waals surface area contributed by atoms with Gasteiger partial charge in [0.2, 0.25) is 0 Å². The third-order valence-corrected chi connectivity index (χ3v) is 3.69. The lowest BCUT2D eigenvalue weighted by atomic mass is 10.1. The maximum atomic E-state index is 10.6. The average molecular weight is 416 g/mol. The van der Waals surface area contributed by atoms with Crippen LogP contribution < -0.4 is 10.6 Å². The minimum Gasteiger partial charge on any atom is -0.475 e. The molecule has 0 amide bonds. The summed E-state index contributed by atoms with van der Waals surface area (Å²) in [6.45, 7) is 2.20. The van der Waals surface area contributed by atoms with Crippen molar-refractivity contribution < 1.29 is 23.1 Å². The lowest BCUT2D eigenvalue weighted by Gasteiger charge is -2.32. The Kier molecular flexibility index (Phi) is 6.72. The summed E-state index contributed by atoms with van der Waals surface area (Å²) < 4.78 is 33.0. The number of anilines is 1. The van der Waals surface area contributed by atoms with Crippen molar-refractivity contribution in [1.82, 2.24) is 0 Å². The van der Waals surface area contributed by atoms with Gasteiger partial charge in [-0.25, -0.2) is 4.79 Å². The maximum absolute atomic E-state index is 10.6. The van der Waals surface area contributed by atoms with Gasteiger partial charge in [-0.05, 0) is 59.7 Å². The van der Waals surface area contributed by atoms with Crippen molar-refractivity contribution in [2.45, 2.75) is 25.1 Å². The normalized spacial score (nSPS) is 16.1. The molecule has 0 radical (unpaired) electrons. The summed E-state index contributed by atoms with van der Waals surface area (Å²) in [6.07, 6.45) is -2.85. The highest BCUT2D eigenvalue weighted by Gasteiger charge is 2.38. The van der Waals surface area contributed by atoms with Crippen molar-refractivity contribution in [2.75, 3.05) is 18.0 Å². The van der Waals surface area contributed by atoms with Crippen LogP contribution in [0.2, 0.25) is 0 Å². The van der Waals surface area contributed by atoms with Crippen molar-refractivity contribution in [3.63, 3.8) is 0 Å². The quantitative estimate of drug-likeness (QED) is 0.692. The van der Waals surface area contributed by atoms with Crippen LogP contribution in [-0.4, -0.2) is 36.4 Å². The van der Waals surface area contributed by atoms with Crippen molar-refractivity contribution >= 4 is 34.2 Å². The van der Waals surface area contributed by atoms with Crippen LogP contribution in [0.15, 0.2) is 24.3 Å². The molecule has 2 rings (SSSR count). The van der Waals surface area contributed by atoms with E-state index < -0.39 is 12.1 Å². The number of alkyl halides is 3. The fraction of sp³-hybridized carbons (Fsp3) is 0.462. The van der Waals surface area contributed by atoms with Crippen LogP contribution in [0.5, 0.6) is 0 Å². The SMILES string of the molecule is NC1CCN(c2ccc(I)cc2)CC1.O=C(O)C(F)(F)F. The highest BCUT2D eigenvalue weighted by atomic mass is 127. The Labute approximate surface area is 134 Å². The number of halogens is 4. The number of rotatable bonds is 1. The van der Waals surface area contributed by atoms with E-state index in [0.717, 1.165) is 25.9 Å². The molecule has 0 bridgehead atoms. The van der Waals surface area contributed by atoms with E-state index in [1.807, 2.05) is 0 Å². The van der Waals surface area contributed by atoms with Crippen LogP contribution in [0.1, 0.15) is 12.8 Å². The molecule has 4 nitrogen and oxygen atoms in total. The molecule has 0 saturated carbocycles. The van der Waals surface area contributed by atoms with Crippen molar-refractivity contribution in [3.8, 4) is 0 Å². The molecule has 0 unspecified atom stereocenters.